The van der Waals surface area contributed by atoms with Crippen molar-refractivity contribution < 1.29 is 9.66 Å². The number of ether oxygens (including phenoxy) is 1. The number of nitro groups is 1. The van der Waals surface area contributed by atoms with Crippen LogP contribution in [0.3, 0.4) is 0 Å². The molecule has 0 saturated carbocycles. The van der Waals surface area contributed by atoms with Crippen LogP contribution in [0.25, 0.3) is 10.9 Å². The molecule has 144 valence electrons. The quantitative estimate of drug-likeness (QED) is 0.457. The molecule has 6 heteroatoms. The number of para-hydroxylation sites is 1. The van der Waals surface area contributed by atoms with Crippen molar-refractivity contribution in [2.24, 2.45) is 0 Å². The van der Waals surface area contributed by atoms with Crippen LogP contribution in [0.2, 0.25) is 0 Å². The van der Waals surface area contributed by atoms with Crippen LogP contribution >= 0.6 is 0 Å². The maximum Gasteiger partial charge on any atom is 0.269 e. The Kier molecular flexibility index (Phi) is 5.37. The molecule has 0 unspecified atom stereocenters. The lowest BCUT2D eigenvalue weighted by atomic mass is 10.2. The van der Waals surface area contributed by atoms with Gasteiger partial charge >= 0.3 is 0 Å². The van der Waals surface area contributed by atoms with E-state index in [4.69, 9.17) is 9.72 Å². The highest BCUT2D eigenvalue weighted by Crippen LogP contribution is 2.28. The first-order valence-corrected chi connectivity index (χ1v) is 9.71. The molecule has 0 radical (unpaired) electrons. The summed E-state index contributed by atoms with van der Waals surface area (Å²) in [5.41, 5.74) is 1.66. The molecule has 28 heavy (non-hydrogen) atoms. The van der Waals surface area contributed by atoms with E-state index >= 15 is 0 Å². The predicted molar refractivity (Wildman–Crippen MR) is 110 cm³/mol. The molecule has 1 aliphatic heterocycles. The van der Waals surface area contributed by atoms with Crippen LogP contribution in [0.5, 0.6) is 5.75 Å². The van der Waals surface area contributed by atoms with E-state index in [2.05, 4.69) is 17.0 Å². The second kappa shape index (κ2) is 8.25. The Labute approximate surface area is 163 Å². The van der Waals surface area contributed by atoms with Crippen molar-refractivity contribution in [1.82, 2.24) is 4.98 Å². The molecule has 0 N–H and O–H groups in total. The third-order valence-corrected chi connectivity index (χ3v) is 5.11. The number of aromatic nitrogens is 1. The molecule has 6 nitrogen and oxygen atoms in total. The van der Waals surface area contributed by atoms with Crippen LogP contribution < -0.4 is 9.64 Å². The number of rotatable bonds is 5. The molecule has 0 bridgehead atoms. The zero-order valence-corrected chi connectivity index (χ0v) is 15.7. The summed E-state index contributed by atoms with van der Waals surface area (Å²) in [5.74, 6) is 1.68. The molecular weight excluding hydrogens is 354 g/mol. The molecule has 0 aliphatic carbocycles. The van der Waals surface area contributed by atoms with Gasteiger partial charge < -0.3 is 9.64 Å². The highest BCUT2D eigenvalue weighted by Gasteiger charge is 2.13. The lowest BCUT2D eigenvalue weighted by molar-refractivity contribution is -0.384. The van der Waals surface area contributed by atoms with Crippen molar-refractivity contribution in [2.75, 3.05) is 18.0 Å². The van der Waals surface area contributed by atoms with Gasteiger partial charge in [0, 0.05) is 30.6 Å². The fraction of sp³-hybridized carbons (Fsp3) is 0.318. The van der Waals surface area contributed by atoms with Crippen LogP contribution in [0.4, 0.5) is 11.5 Å². The van der Waals surface area contributed by atoms with Crippen LogP contribution in [0.15, 0.2) is 54.6 Å². The molecule has 3 aromatic rings. The zero-order chi connectivity index (χ0) is 19.3. The van der Waals surface area contributed by atoms with Crippen LogP contribution in [-0.4, -0.2) is 23.0 Å². The van der Waals surface area contributed by atoms with Gasteiger partial charge in [-0.05, 0) is 36.6 Å². The minimum Gasteiger partial charge on any atom is -0.487 e. The second-order valence-electron chi connectivity index (χ2n) is 7.11. The molecule has 1 fully saturated rings. The van der Waals surface area contributed by atoms with Gasteiger partial charge in [-0.15, -0.1) is 0 Å². The van der Waals surface area contributed by atoms with E-state index in [1.54, 1.807) is 12.1 Å². The van der Waals surface area contributed by atoms with E-state index in [9.17, 15) is 10.1 Å². The van der Waals surface area contributed by atoms with Crippen molar-refractivity contribution in [3.63, 3.8) is 0 Å². The molecule has 0 spiro atoms. The largest absolute Gasteiger partial charge is 0.487 e. The second-order valence-corrected chi connectivity index (χ2v) is 7.11. The van der Waals surface area contributed by atoms with Crippen LogP contribution in [0, 0.1) is 10.1 Å². The molecule has 1 saturated heterocycles. The van der Waals surface area contributed by atoms with Crippen molar-refractivity contribution in [3.8, 4) is 5.75 Å². The fourth-order valence-corrected chi connectivity index (χ4v) is 3.62. The average Bonchev–Trinajstić information content (AvgIpc) is 3.01. The van der Waals surface area contributed by atoms with Gasteiger partial charge in [0.1, 0.15) is 23.7 Å². The van der Waals surface area contributed by atoms with E-state index < -0.39 is 4.92 Å². The van der Waals surface area contributed by atoms with Gasteiger partial charge in [-0.25, -0.2) is 4.98 Å². The van der Waals surface area contributed by atoms with Gasteiger partial charge in [-0.2, -0.15) is 0 Å². The summed E-state index contributed by atoms with van der Waals surface area (Å²) < 4.78 is 6.00. The maximum atomic E-state index is 11.0. The Balaban J connectivity index is 1.58. The lowest BCUT2D eigenvalue weighted by Gasteiger charge is -2.22. The molecule has 2 heterocycles. The van der Waals surface area contributed by atoms with Gasteiger partial charge in [0.25, 0.3) is 5.69 Å². The number of benzene rings is 2. The molecule has 1 aromatic heterocycles. The Morgan fingerprint density at radius 2 is 1.79 bits per heavy atom. The molecular formula is C22H23N3O3. The first kappa shape index (κ1) is 18.2. The van der Waals surface area contributed by atoms with Gasteiger partial charge in [0.15, 0.2) is 0 Å². The molecule has 1 aliphatic rings. The topological polar surface area (TPSA) is 68.5 Å². The van der Waals surface area contributed by atoms with Crippen molar-refractivity contribution in [3.05, 3.63) is 70.3 Å². The third-order valence-electron chi connectivity index (χ3n) is 5.11. The number of nitrogens with zero attached hydrogens (tertiary/aromatic N) is 3. The van der Waals surface area contributed by atoms with Crippen LogP contribution in [-0.2, 0) is 6.61 Å². The predicted octanol–water partition coefficient (Wildman–Crippen LogP) is 5.10. The van der Waals surface area contributed by atoms with E-state index in [-0.39, 0.29) is 12.3 Å². The van der Waals surface area contributed by atoms with Gasteiger partial charge in [-0.1, -0.05) is 37.1 Å². The Morgan fingerprint density at radius 3 is 2.57 bits per heavy atom. The number of nitro benzene ring substituents is 1. The zero-order valence-electron chi connectivity index (χ0n) is 15.7. The van der Waals surface area contributed by atoms with E-state index in [0.29, 0.717) is 5.75 Å². The summed E-state index contributed by atoms with van der Waals surface area (Å²) in [6.07, 6.45) is 4.96. The van der Waals surface area contributed by atoms with Crippen LogP contribution in [0.1, 0.15) is 31.2 Å². The standard InChI is InChI=1S/C22H23N3O3/c26-25(27)19-9-5-7-17(15-19)16-28-20-10-6-8-18-11-12-21(23-22(18)20)24-13-3-1-2-4-14-24/h5-12,15H,1-4,13-14,16H2. The summed E-state index contributed by atoms with van der Waals surface area (Å²) in [4.78, 5) is 17.8. The first-order chi connectivity index (χ1) is 13.7. The first-order valence-electron chi connectivity index (χ1n) is 9.71. The Hall–Kier alpha value is -3.15. The minimum absolute atomic E-state index is 0.0700. The number of anilines is 1. The maximum absolute atomic E-state index is 11.0. The van der Waals surface area contributed by atoms with Crippen molar-refractivity contribution in [2.45, 2.75) is 32.3 Å². The lowest BCUT2D eigenvalue weighted by Crippen LogP contribution is -2.24. The molecule has 0 amide bonds. The number of fused-ring (bicyclic) bond motifs is 1. The number of hydrogen-bond donors (Lipinski definition) is 0. The molecule has 4 rings (SSSR count). The third kappa shape index (κ3) is 4.06. The number of hydrogen-bond acceptors (Lipinski definition) is 5. The van der Waals surface area contributed by atoms with Gasteiger partial charge in [-0.3, -0.25) is 10.1 Å². The summed E-state index contributed by atoms with van der Waals surface area (Å²) in [7, 11) is 0. The van der Waals surface area contributed by atoms with Crippen molar-refractivity contribution in [1.29, 1.82) is 0 Å². The summed E-state index contributed by atoms with van der Waals surface area (Å²) in [6, 6.07) is 16.6. The van der Waals surface area contributed by atoms with E-state index in [0.717, 1.165) is 35.4 Å². The van der Waals surface area contributed by atoms with Gasteiger partial charge in [0.05, 0.1) is 4.92 Å². The summed E-state index contributed by atoms with van der Waals surface area (Å²) >= 11 is 0. The number of non-ortho nitro benzene ring substituents is 1. The Bertz CT molecular complexity index is 982. The minimum atomic E-state index is -0.392. The average molecular weight is 377 g/mol. The summed E-state index contributed by atoms with van der Waals surface area (Å²) in [5, 5.41) is 12.0. The molecule has 0 atom stereocenters. The molecule has 2 aromatic carbocycles. The SMILES string of the molecule is O=[N+]([O-])c1cccc(COc2cccc3ccc(N4CCCCCC4)nc23)c1. The monoisotopic (exact) mass is 377 g/mol. The number of pyridine rings is 1. The van der Waals surface area contributed by atoms with E-state index in [1.807, 2.05) is 24.3 Å². The van der Waals surface area contributed by atoms with Crippen molar-refractivity contribution >= 4 is 22.4 Å². The summed E-state index contributed by atoms with van der Waals surface area (Å²) in [6.45, 7) is 2.33. The fourth-order valence-electron chi connectivity index (χ4n) is 3.62. The highest BCUT2D eigenvalue weighted by molar-refractivity contribution is 5.86. The Morgan fingerprint density at radius 1 is 1.00 bits per heavy atom. The smallest absolute Gasteiger partial charge is 0.269 e. The van der Waals surface area contributed by atoms with Gasteiger partial charge in [0.2, 0.25) is 0 Å². The van der Waals surface area contributed by atoms with E-state index in [1.165, 1.54) is 31.7 Å². The highest BCUT2D eigenvalue weighted by atomic mass is 16.6. The normalized spacial score (nSPS) is 14.6.